The van der Waals surface area contributed by atoms with Crippen molar-refractivity contribution in [2.24, 2.45) is 0 Å². The van der Waals surface area contributed by atoms with E-state index < -0.39 is 6.10 Å². The minimum atomic E-state index is -0.638. The van der Waals surface area contributed by atoms with Gasteiger partial charge in [0.15, 0.2) is 0 Å². The summed E-state index contributed by atoms with van der Waals surface area (Å²) < 4.78 is 11.0. The van der Waals surface area contributed by atoms with Gasteiger partial charge in [0.05, 0.1) is 23.3 Å². The Morgan fingerprint density at radius 2 is 1.95 bits per heavy atom. The van der Waals surface area contributed by atoms with Gasteiger partial charge in [-0.3, -0.25) is 0 Å². The van der Waals surface area contributed by atoms with Crippen molar-refractivity contribution >= 4 is 23.2 Å². The lowest BCUT2D eigenvalue weighted by molar-refractivity contribution is 0.190. The second kappa shape index (κ2) is 7.03. The highest BCUT2D eigenvalue weighted by atomic mass is 35.5. The topological polar surface area (TPSA) is 38.7 Å². The number of hydrogen-bond donors (Lipinski definition) is 1. The third-order valence-electron chi connectivity index (χ3n) is 3.09. The van der Waals surface area contributed by atoms with Crippen molar-refractivity contribution in [3.05, 3.63) is 57.6 Å². The predicted molar refractivity (Wildman–Crippen MR) is 84.4 cm³/mol. The molecule has 0 bridgehead atoms. The fourth-order valence-electron chi connectivity index (χ4n) is 1.93. The SMILES string of the molecule is COc1ccc([C@H](C)O)c(OCc2cccc(Cl)c2Cl)c1. The minimum absolute atomic E-state index is 0.256. The number of rotatable bonds is 5. The molecule has 0 heterocycles. The maximum atomic E-state index is 9.80. The Morgan fingerprint density at radius 1 is 1.19 bits per heavy atom. The predicted octanol–water partition coefficient (Wildman–Crippen LogP) is 4.63. The highest BCUT2D eigenvalue weighted by molar-refractivity contribution is 6.42. The molecule has 2 aromatic carbocycles. The zero-order valence-electron chi connectivity index (χ0n) is 11.8. The van der Waals surface area contributed by atoms with Gasteiger partial charge in [-0.15, -0.1) is 0 Å². The van der Waals surface area contributed by atoms with Gasteiger partial charge in [0.25, 0.3) is 0 Å². The summed E-state index contributed by atoms with van der Waals surface area (Å²) >= 11 is 12.1. The molecule has 0 unspecified atom stereocenters. The largest absolute Gasteiger partial charge is 0.497 e. The van der Waals surface area contributed by atoms with Gasteiger partial charge in [-0.25, -0.2) is 0 Å². The molecule has 0 aromatic heterocycles. The van der Waals surface area contributed by atoms with Gasteiger partial charge in [-0.2, -0.15) is 0 Å². The van der Waals surface area contributed by atoms with Gasteiger partial charge in [0.2, 0.25) is 0 Å². The number of ether oxygens (including phenoxy) is 2. The van der Waals surface area contributed by atoms with E-state index in [4.69, 9.17) is 32.7 Å². The molecule has 2 aromatic rings. The molecule has 5 heteroatoms. The fraction of sp³-hybridized carbons (Fsp3) is 0.250. The van der Waals surface area contributed by atoms with Crippen LogP contribution in [0.25, 0.3) is 0 Å². The number of halogens is 2. The second-order valence-electron chi connectivity index (χ2n) is 4.58. The average Bonchev–Trinajstić information content (AvgIpc) is 2.48. The molecule has 1 atom stereocenters. The third-order valence-corrected chi connectivity index (χ3v) is 3.94. The van der Waals surface area contributed by atoms with Gasteiger partial charge >= 0.3 is 0 Å². The zero-order chi connectivity index (χ0) is 15.4. The van der Waals surface area contributed by atoms with Gasteiger partial charge in [-0.1, -0.05) is 35.3 Å². The first-order valence-electron chi connectivity index (χ1n) is 6.44. The van der Waals surface area contributed by atoms with Crippen molar-refractivity contribution in [3.8, 4) is 11.5 Å². The lowest BCUT2D eigenvalue weighted by Crippen LogP contribution is -2.02. The summed E-state index contributed by atoms with van der Waals surface area (Å²) in [5.41, 5.74) is 1.47. The molecule has 1 N–H and O–H groups in total. The van der Waals surface area contributed by atoms with Crippen molar-refractivity contribution in [3.63, 3.8) is 0 Å². The van der Waals surface area contributed by atoms with E-state index in [1.807, 2.05) is 12.1 Å². The van der Waals surface area contributed by atoms with Gasteiger partial charge < -0.3 is 14.6 Å². The smallest absolute Gasteiger partial charge is 0.129 e. The quantitative estimate of drug-likeness (QED) is 0.870. The van der Waals surface area contributed by atoms with Crippen molar-refractivity contribution in [2.45, 2.75) is 19.6 Å². The van der Waals surface area contributed by atoms with Crippen LogP contribution in [-0.2, 0) is 6.61 Å². The summed E-state index contributed by atoms with van der Waals surface area (Å²) in [5.74, 6) is 1.21. The van der Waals surface area contributed by atoms with E-state index in [2.05, 4.69) is 0 Å². The Balaban J connectivity index is 2.24. The molecule has 0 fully saturated rings. The normalized spacial score (nSPS) is 12.0. The van der Waals surface area contributed by atoms with E-state index in [9.17, 15) is 5.11 Å². The molecule has 2 rings (SSSR count). The van der Waals surface area contributed by atoms with Crippen LogP contribution in [0.2, 0.25) is 10.0 Å². The molecule has 0 saturated carbocycles. The second-order valence-corrected chi connectivity index (χ2v) is 5.37. The van der Waals surface area contributed by atoms with Gasteiger partial charge in [-0.05, 0) is 25.1 Å². The van der Waals surface area contributed by atoms with E-state index in [1.54, 1.807) is 38.3 Å². The third kappa shape index (κ3) is 3.82. The molecule has 0 amide bonds. The van der Waals surface area contributed by atoms with Crippen LogP contribution in [0.5, 0.6) is 11.5 Å². The number of aliphatic hydroxyl groups excluding tert-OH is 1. The summed E-state index contributed by atoms with van der Waals surface area (Å²) in [6.07, 6.45) is -0.638. The van der Waals surface area contributed by atoms with Crippen LogP contribution in [-0.4, -0.2) is 12.2 Å². The molecule has 21 heavy (non-hydrogen) atoms. The molecular formula is C16H16Cl2O3. The lowest BCUT2D eigenvalue weighted by atomic mass is 10.1. The molecule has 112 valence electrons. The maximum absolute atomic E-state index is 9.80. The lowest BCUT2D eigenvalue weighted by Gasteiger charge is -2.15. The van der Waals surface area contributed by atoms with Crippen LogP contribution in [0.15, 0.2) is 36.4 Å². The van der Waals surface area contributed by atoms with E-state index in [0.29, 0.717) is 27.1 Å². The fourth-order valence-corrected chi connectivity index (χ4v) is 2.30. The van der Waals surface area contributed by atoms with Crippen LogP contribution in [0.3, 0.4) is 0 Å². The first-order chi connectivity index (χ1) is 10.0. The van der Waals surface area contributed by atoms with Crippen molar-refractivity contribution < 1.29 is 14.6 Å². The molecule has 0 spiro atoms. The zero-order valence-corrected chi connectivity index (χ0v) is 13.3. The van der Waals surface area contributed by atoms with Gasteiger partial charge in [0, 0.05) is 17.2 Å². The highest BCUT2D eigenvalue weighted by Gasteiger charge is 2.12. The number of hydrogen-bond acceptors (Lipinski definition) is 3. The van der Waals surface area contributed by atoms with Crippen LogP contribution < -0.4 is 9.47 Å². The Morgan fingerprint density at radius 3 is 2.62 bits per heavy atom. The van der Waals surface area contributed by atoms with E-state index in [0.717, 1.165) is 5.56 Å². The minimum Gasteiger partial charge on any atom is -0.497 e. The van der Waals surface area contributed by atoms with Crippen LogP contribution in [0, 0.1) is 0 Å². The number of aliphatic hydroxyl groups is 1. The number of benzene rings is 2. The molecule has 0 aliphatic heterocycles. The molecule has 0 saturated heterocycles. The van der Waals surface area contributed by atoms with Gasteiger partial charge in [0.1, 0.15) is 18.1 Å². The molecule has 3 nitrogen and oxygen atoms in total. The Labute approximate surface area is 134 Å². The number of methoxy groups -OCH3 is 1. The molecule has 0 aliphatic carbocycles. The van der Waals surface area contributed by atoms with E-state index in [1.165, 1.54) is 0 Å². The van der Waals surface area contributed by atoms with Crippen molar-refractivity contribution in [1.82, 2.24) is 0 Å². The summed E-state index contributed by atoms with van der Waals surface area (Å²) in [6, 6.07) is 10.7. The summed E-state index contributed by atoms with van der Waals surface area (Å²) in [5, 5.41) is 10.8. The Hall–Kier alpha value is -1.42. The van der Waals surface area contributed by atoms with E-state index in [-0.39, 0.29) is 6.61 Å². The highest BCUT2D eigenvalue weighted by Crippen LogP contribution is 2.31. The summed E-state index contributed by atoms with van der Waals surface area (Å²) in [4.78, 5) is 0. The van der Waals surface area contributed by atoms with Crippen molar-refractivity contribution in [2.75, 3.05) is 7.11 Å². The Bertz CT molecular complexity index is 627. The van der Waals surface area contributed by atoms with E-state index >= 15 is 0 Å². The monoisotopic (exact) mass is 326 g/mol. The average molecular weight is 327 g/mol. The molecule has 0 radical (unpaired) electrons. The van der Waals surface area contributed by atoms with Crippen LogP contribution >= 0.6 is 23.2 Å². The first-order valence-corrected chi connectivity index (χ1v) is 7.20. The van der Waals surface area contributed by atoms with Crippen LogP contribution in [0.4, 0.5) is 0 Å². The summed E-state index contributed by atoms with van der Waals surface area (Å²) in [7, 11) is 1.58. The Kier molecular flexibility index (Phi) is 5.34. The van der Waals surface area contributed by atoms with Crippen LogP contribution in [0.1, 0.15) is 24.2 Å². The first kappa shape index (κ1) is 16.0. The summed E-state index contributed by atoms with van der Waals surface area (Å²) in [6.45, 7) is 1.94. The standard InChI is InChI=1S/C16H16Cl2O3/c1-10(19)13-7-6-12(20-2)8-15(13)21-9-11-4-3-5-14(17)16(11)18/h3-8,10,19H,9H2,1-2H3/t10-/m0/s1. The molecule has 0 aliphatic rings. The van der Waals surface area contributed by atoms with Crippen molar-refractivity contribution in [1.29, 1.82) is 0 Å². The molecular weight excluding hydrogens is 311 g/mol. The maximum Gasteiger partial charge on any atom is 0.129 e.